The number of benzene rings is 3. The highest BCUT2D eigenvalue weighted by atomic mass is 16.5. The molecule has 1 N–H and O–H groups in total. The lowest BCUT2D eigenvalue weighted by atomic mass is 10.1. The lowest BCUT2D eigenvalue weighted by Crippen LogP contribution is -2.24. The Hall–Kier alpha value is -3.60. The van der Waals surface area contributed by atoms with Gasteiger partial charge in [0.05, 0.1) is 0 Å². The number of carbonyl (C=O) groups excluding carboxylic acids is 2. The van der Waals surface area contributed by atoms with E-state index in [1.165, 1.54) is 12.5 Å². The highest BCUT2D eigenvalue weighted by Gasteiger charge is 2.12. The monoisotopic (exact) mass is 402 g/mol. The fourth-order valence-corrected chi connectivity index (χ4v) is 3.04. The lowest BCUT2D eigenvalue weighted by molar-refractivity contribution is -0.128. The summed E-state index contributed by atoms with van der Waals surface area (Å²) in [6, 6.07) is 22.7. The van der Waals surface area contributed by atoms with Crippen LogP contribution < -0.4 is 10.1 Å². The van der Waals surface area contributed by atoms with Gasteiger partial charge in [-0.25, -0.2) is 0 Å². The number of rotatable bonds is 7. The normalized spacial score (nSPS) is 10.4. The number of para-hydroxylation sites is 1. The average molecular weight is 402 g/mol. The molecule has 2 amide bonds. The number of nitrogens with zero attached hydrogens (tertiary/aromatic N) is 1. The van der Waals surface area contributed by atoms with Crippen molar-refractivity contribution < 1.29 is 14.3 Å². The van der Waals surface area contributed by atoms with Crippen molar-refractivity contribution >= 4 is 17.5 Å². The van der Waals surface area contributed by atoms with Gasteiger partial charge in [0, 0.05) is 31.8 Å². The zero-order valence-electron chi connectivity index (χ0n) is 17.5. The summed E-state index contributed by atoms with van der Waals surface area (Å²) < 4.78 is 5.87. The highest BCUT2D eigenvalue weighted by Crippen LogP contribution is 2.20. The summed E-state index contributed by atoms with van der Waals surface area (Å²) >= 11 is 0. The standard InChI is InChI=1S/C25H26N2O3/c1-18-8-6-9-20(14-18)17-30-23-12-7-11-21(15-23)25(29)26-24-13-5-4-10-22(24)16-27(3)19(2)28/h4-15H,16-17H2,1-3H3,(H,26,29). The van der Waals surface area contributed by atoms with Crippen LogP contribution in [-0.4, -0.2) is 23.8 Å². The summed E-state index contributed by atoms with van der Waals surface area (Å²) in [6.45, 7) is 4.42. The van der Waals surface area contributed by atoms with Crippen LogP contribution in [0.5, 0.6) is 5.75 Å². The first-order chi connectivity index (χ1) is 14.4. The van der Waals surface area contributed by atoms with Gasteiger partial charge in [-0.15, -0.1) is 0 Å². The zero-order valence-corrected chi connectivity index (χ0v) is 17.5. The minimum absolute atomic E-state index is 0.0328. The third-order valence-corrected chi connectivity index (χ3v) is 4.79. The molecule has 0 bridgehead atoms. The molecule has 5 nitrogen and oxygen atoms in total. The largest absolute Gasteiger partial charge is 0.489 e. The topological polar surface area (TPSA) is 58.6 Å². The number of hydrogen-bond acceptors (Lipinski definition) is 3. The van der Waals surface area contributed by atoms with E-state index >= 15 is 0 Å². The number of nitrogens with one attached hydrogen (secondary N) is 1. The van der Waals surface area contributed by atoms with Crippen molar-refractivity contribution in [2.45, 2.75) is 27.0 Å². The van der Waals surface area contributed by atoms with Gasteiger partial charge in [0.15, 0.2) is 0 Å². The van der Waals surface area contributed by atoms with Gasteiger partial charge in [0.1, 0.15) is 12.4 Å². The predicted molar refractivity (Wildman–Crippen MR) is 118 cm³/mol. The Bertz CT molecular complexity index is 1050. The number of anilines is 1. The summed E-state index contributed by atoms with van der Waals surface area (Å²) in [6.07, 6.45) is 0. The highest BCUT2D eigenvalue weighted by molar-refractivity contribution is 6.04. The number of ether oxygens (including phenoxy) is 1. The molecule has 5 heteroatoms. The van der Waals surface area contributed by atoms with Gasteiger partial charge >= 0.3 is 0 Å². The maximum absolute atomic E-state index is 12.8. The number of aryl methyl sites for hydroxylation is 1. The minimum atomic E-state index is -0.228. The fraction of sp³-hybridized carbons (Fsp3) is 0.200. The maximum atomic E-state index is 12.8. The molecule has 0 atom stereocenters. The van der Waals surface area contributed by atoms with Gasteiger partial charge < -0.3 is 15.0 Å². The van der Waals surface area contributed by atoms with E-state index in [1.807, 2.05) is 55.5 Å². The zero-order chi connectivity index (χ0) is 21.5. The third kappa shape index (κ3) is 5.70. The van der Waals surface area contributed by atoms with Crippen molar-refractivity contribution in [3.8, 4) is 5.75 Å². The molecule has 0 heterocycles. The molecule has 0 aliphatic carbocycles. The predicted octanol–water partition coefficient (Wildman–Crippen LogP) is 4.80. The van der Waals surface area contributed by atoms with Gasteiger partial charge in [-0.2, -0.15) is 0 Å². The van der Waals surface area contributed by atoms with Crippen molar-refractivity contribution in [1.29, 1.82) is 0 Å². The van der Waals surface area contributed by atoms with E-state index in [-0.39, 0.29) is 11.8 Å². The quantitative estimate of drug-likeness (QED) is 0.617. The molecular formula is C25H26N2O3. The number of hydrogen-bond donors (Lipinski definition) is 1. The summed E-state index contributed by atoms with van der Waals surface area (Å²) in [5, 5.41) is 2.95. The van der Waals surface area contributed by atoms with E-state index in [2.05, 4.69) is 11.4 Å². The molecule has 0 unspecified atom stereocenters. The molecule has 0 fully saturated rings. The molecule has 3 aromatic carbocycles. The van der Waals surface area contributed by atoms with Crippen LogP contribution in [0.4, 0.5) is 5.69 Å². The molecule has 0 radical (unpaired) electrons. The van der Waals surface area contributed by atoms with E-state index in [1.54, 1.807) is 30.1 Å². The Morgan fingerprint density at radius 1 is 0.967 bits per heavy atom. The molecule has 0 aromatic heterocycles. The van der Waals surface area contributed by atoms with Crippen molar-refractivity contribution in [2.75, 3.05) is 12.4 Å². The smallest absolute Gasteiger partial charge is 0.255 e. The first kappa shape index (κ1) is 21.1. The number of carbonyl (C=O) groups is 2. The van der Waals surface area contributed by atoms with Crippen LogP contribution in [0.3, 0.4) is 0 Å². The minimum Gasteiger partial charge on any atom is -0.489 e. The van der Waals surface area contributed by atoms with Gasteiger partial charge in [-0.1, -0.05) is 54.1 Å². The second kappa shape index (κ2) is 9.74. The van der Waals surface area contributed by atoms with Crippen molar-refractivity contribution in [2.24, 2.45) is 0 Å². The second-order valence-corrected chi connectivity index (χ2v) is 7.29. The Kier molecular flexibility index (Phi) is 6.86. The van der Waals surface area contributed by atoms with Gasteiger partial charge in [0.25, 0.3) is 5.91 Å². The van der Waals surface area contributed by atoms with Crippen LogP contribution in [-0.2, 0) is 17.9 Å². The summed E-state index contributed by atoms with van der Waals surface area (Å²) in [4.78, 5) is 26.0. The Morgan fingerprint density at radius 3 is 2.50 bits per heavy atom. The van der Waals surface area contributed by atoms with E-state index in [4.69, 9.17) is 4.74 Å². The van der Waals surface area contributed by atoms with Crippen molar-refractivity contribution in [1.82, 2.24) is 4.90 Å². The Balaban J connectivity index is 1.69. The first-order valence-electron chi connectivity index (χ1n) is 9.82. The van der Waals surface area contributed by atoms with E-state index < -0.39 is 0 Å². The molecule has 154 valence electrons. The molecule has 3 rings (SSSR count). The van der Waals surface area contributed by atoms with E-state index in [0.29, 0.717) is 30.2 Å². The van der Waals surface area contributed by atoms with Crippen LogP contribution in [0, 0.1) is 6.92 Å². The lowest BCUT2D eigenvalue weighted by Gasteiger charge is -2.18. The van der Waals surface area contributed by atoms with Crippen molar-refractivity contribution in [3.05, 3.63) is 95.1 Å². The van der Waals surface area contributed by atoms with Gasteiger partial charge in [-0.3, -0.25) is 9.59 Å². The maximum Gasteiger partial charge on any atom is 0.255 e. The fourth-order valence-electron chi connectivity index (χ4n) is 3.04. The van der Waals surface area contributed by atoms with Crippen molar-refractivity contribution in [3.63, 3.8) is 0 Å². The van der Waals surface area contributed by atoms with Crippen LogP contribution in [0.15, 0.2) is 72.8 Å². The molecule has 3 aromatic rings. The van der Waals surface area contributed by atoms with Crippen LogP contribution in [0.25, 0.3) is 0 Å². The van der Waals surface area contributed by atoms with Gasteiger partial charge in [0.2, 0.25) is 5.91 Å². The first-order valence-corrected chi connectivity index (χ1v) is 9.82. The van der Waals surface area contributed by atoms with Crippen LogP contribution in [0.2, 0.25) is 0 Å². The molecular weight excluding hydrogens is 376 g/mol. The third-order valence-electron chi connectivity index (χ3n) is 4.79. The molecule has 0 aliphatic heterocycles. The Morgan fingerprint density at radius 2 is 1.73 bits per heavy atom. The van der Waals surface area contributed by atoms with Crippen LogP contribution >= 0.6 is 0 Å². The van der Waals surface area contributed by atoms with E-state index in [9.17, 15) is 9.59 Å². The second-order valence-electron chi connectivity index (χ2n) is 7.29. The average Bonchev–Trinajstić information content (AvgIpc) is 2.74. The molecule has 0 saturated carbocycles. The number of amides is 2. The summed E-state index contributed by atoms with van der Waals surface area (Å²) in [5.74, 6) is 0.372. The molecule has 0 saturated heterocycles. The molecule has 0 aliphatic rings. The van der Waals surface area contributed by atoms with Crippen LogP contribution in [0.1, 0.15) is 34.0 Å². The van der Waals surface area contributed by atoms with Gasteiger partial charge in [-0.05, 0) is 42.3 Å². The van der Waals surface area contributed by atoms with E-state index in [0.717, 1.165) is 11.1 Å². The Labute approximate surface area is 177 Å². The summed E-state index contributed by atoms with van der Waals surface area (Å²) in [7, 11) is 1.73. The molecule has 0 spiro atoms. The summed E-state index contributed by atoms with van der Waals surface area (Å²) in [5.41, 5.74) is 4.32. The molecule has 30 heavy (non-hydrogen) atoms. The SMILES string of the molecule is CC(=O)N(C)Cc1ccccc1NC(=O)c1cccc(OCc2cccc(C)c2)c1.